The monoisotopic (exact) mass is 221 g/mol. The molecule has 0 nitrogen and oxygen atoms in total. The molecule has 0 saturated heterocycles. The second-order valence-electron chi connectivity index (χ2n) is 1.35. The zero-order valence-corrected chi connectivity index (χ0v) is 6.15. The predicted molar refractivity (Wildman–Crippen MR) is 38.0 cm³/mol. The minimum Gasteiger partial charge on any atom is -0.206 e. The van der Waals surface area contributed by atoms with Crippen LogP contribution in [0.1, 0.15) is 0 Å². The highest BCUT2D eigenvalue weighted by Crippen LogP contribution is 2.04. The van der Waals surface area contributed by atoms with Crippen LogP contribution in [0.2, 0.25) is 0 Å². The van der Waals surface area contributed by atoms with E-state index in [9.17, 15) is 4.39 Å². The summed E-state index contributed by atoms with van der Waals surface area (Å²) in [7, 11) is 0. The van der Waals surface area contributed by atoms with Crippen LogP contribution in [0.3, 0.4) is 0 Å². The molecule has 0 unspecified atom stereocenters. The van der Waals surface area contributed by atoms with Crippen LogP contribution in [-0.2, 0) is 0 Å². The van der Waals surface area contributed by atoms with E-state index in [0.29, 0.717) is 0 Å². The highest BCUT2D eigenvalue weighted by molar-refractivity contribution is 14.1. The summed E-state index contributed by atoms with van der Waals surface area (Å²) in [5.41, 5.74) is 0. The molecule has 0 aliphatic heterocycles. The van der Waals surface area contributed by atoms with Crippen molar-refractivity contribution in [1.82, 2.24) is 0 Å². The fraction of sp³-hybridized carbons (Fsp3) is 0. The van der Waals surface area contributed by atoms with Crippen molar-refractivity contribution in [2.75, 3.05) is 0 Å². The van der Waals surface area contributed by atoms with Crippen LogP contribution < -0.4 is 0 Å². The molecule has 1 radical (unpaired) electrons. The van der Waals surface area contributed by atoms with Crippen LogP contribution in [0.5, 0.6) is 0 Å². The van der Waals surface area contributed by atoms with E-state index in [1.54, 1.807) is 12.1 Å². The van der Waals surface area contributed by atoms with Crippen LogP contribution in [0, 0.1) is 15.5 Å². The van der Waals surface area contributed by atoms with Crippen LogP contribution >= 0.6 is 22.6 Å². The molecule has 1 rings (SSSR count). The molecule has 0 bridgehead atoms. The summed E-state index contributed by atoms with van der Waals surface area (Å²) in [6.45, 7) is 0. The SMILES string of the molecule is Fc1[c]ccc(I)c1. The molecular formula is C6H3FI. The normalized spacial score (nSPS) is 9.25. The predicted octanol–water partition coefficient (Wildman–Crippen LogP) is 2.23. The smallest absolute Gasteiger partial charge is 0.132 e. The summed E-state index contributed by atoms with van der Waals surface area (Å²) in [5.74, 6) is -0.295. The van der Waals surface area contributed by atoms with Gasteiger partial charge in [0.15, 0.2) is 0 Å². The molecule has 0 aliphatic rings. The van der Waals surface area contributed by atoms with E-state index >= 15 is 0 Å². The van der Waals surface area contributed by atoms with Gasteiger partial charge in [0.1, 0.15) is 5.82 Å². The molecule has 41 valence electrons. The van der Waals surface area contributed by atoms with Crippen molar-refractivity contribution in [1.29, 1.82) is 0 Å². The molecule has 1 aromatic carbocycles. The molecule has 0 fully saturated rings. The van der Waals surface area contributed by atoms with Gasteiger partial charge in [-0.05, 0) is 34.7 Å². The summed E-state index contributed by atoms with van der Waals surface area (Å²) in [6.07, 6.45) is 0. The molecule has 0 spiro atoms. The van der Waals surface area contributed by atoms with Gasteiger partial charge in [-0.3, -0.25) is 0 Å². The zero-order valence-electron chi connectivity index (χ0n) is 3.99. The van der Waals surface area contributed by atoms with Crippen molar-refractivity contribution in [3.63, 3.8) is 0 Å². The number of hydrogen-bond donors (Lipinski definition) is 0. The van der Waals surface area contributed by atoms with E-state index in [1.807, 2.05) is 22.6 Å². The first-order valence-corrected chi connectivity index (χ1v) is 3.19. The number of benzene rings is 1. The maximum absolute atomic E-state index is 12.1. The van der Waals surface area contributed by atoms with Crippen LogP contribution in [-0.4, -0.2) is 0 Å². The van der Waals surface area contributed by atoms with Gasteiger partial charge in [0.2, 0.25) is 0 Å². The van der Waals surface area contributed by atoms with Gasteiger partial charge in [-0.15, -0.1) is 0 Å². The van der Waals surface area contributed by atoms with Gasteiger partial charge in [0.05, 0.1) is 0 Å². The van der Waals surface area contributed by atoms with Crippen molar-refractivity contribution in [3.05, 3.63) is 33.7 Å². The number of hydrogen-bond acceptors (Lipinski definition) is 0. The van der Waals surface area contributed by atoms with E-state index < -0.39 is 0 Å². The van der Waals surface area contributed by atoms with E-state index in [-0.39, 0.29) is 5.82 Å². The third-order valence-corrected chi connectivity index (χ3v) is 1.40. The fourth-order valence-electron chi connectivity index (χ4n) is 0.412. The van der Waals surface area contributed by atoms with E-state index in [2.05, 4.69) is 6.07 Å². The standard InChI is InChI=1S/C6H3FI/c7-5-2-1-3-6(8)4-5/h1,3-4H. The van der Waals surface area contributed by atoms with Gasteiger partial charge in [-0.25, -0.2) is 4.39 Å². The first-order chi connectivity index (χ1) is 3.79. The molecule has 0 aliphatic carbocycles. The van der Waals surface area contributed by atoms with Crippen molar-refractivity contribution < 1.29 is 4.39 Å². The minimum absolute atomic E-state index is 0.295. The lowest BCUT2D eigenvalue weighted by molar-refractivity contribution is 0.624. The maximum Gasteiger partial charge on any atom is 0.132 e. The third kappa shape index (κ3) is 1.43. The second-order valence-corrected chi connectivity index (χ2v) is 2.60. The Bertz CT molecular complexity index is 168. The van der Waals surface area contributed by atoms with E-state index in [4.69, 9.17) is 0 Å². The molecule has 1 aromatic rings. The lowest BCUT2D eigenvalue weighted by Crippen LogP contribution is -1.72. The molecule has 0 aromatic heterocycles. The highest BCUT2D eigenvalue weighted by Gasteiger charge is 1.86. The van der Waals surface area contributed by atoms with Gasteiger partial charge < -0.3 is 0 Å². The molecule has 0 heterocycles. The average Bonchev–Trinajstić information content (AvgIpc) is 1.64. The molecule has 0 atom stereocenters. The Morgan fingerprint density at radius 1 is 1.62 bits per heavy atom. The zero-order chi connectivity index (χ0) is 5.98. The topological polar surface area (TPSA) is 0 Å². The van der Waals surface area contributed by atoms with Crippen molar-refractivity contribution >= 4 is 22.6 Å². The molecular weight excluding hydrogens is 218 g/mol. The minimum atomic E-state index is -0.295. The highest BCUT2D eigenvalue weighted by atomic mass is 127. The van der Waals surface area contributed by atoms with Gasteiger partial charge in [-0.1, -0.05) is 6.07 Å². The Hall–Kier alpha value is -0.120. The number of halogens is 2. The summed E-state index contributed by atoms with van der Waals surface area (Å²) in [4.78, 5) is 0. The number of rotatable bonds is 0. The lowest BCUT2D eigenvalue weighted by atomic mass is 10.4. The Labute approximate surface area is 60.9 Å². The summed E-state index contributed by atoms with van der Waals surface area (Å²) < 4.78 is 13.0. The summed E-state index contributed by atoms with van der Waals surface area (Å²) in [5, 5.41) is 0. The Morgan fingerprint density at radius 2 is 2.38 bits per heavy atom. The van der Waals surface area contributed by atoms with Gasteiger partial charge in [0, 0.05) is 9.64 Å². The Morgan fingerprint density at radius 3 is 2.75 bits per heavy atom. The molecule has 0 N–H and O–H groups in total. The summed E-state index contributed by atoms with van der Waals surface area (Å²) in [6, 6.07) is 7.19. The second kappa shape index (κ2) is 2.44. The Kier molecular flexibility index (Phi) is 1.83. The van der Waals surface area contributed by atoms with E-state index in [1.165, 1.54) is 6.07 Å². The first-order valence-electron chi connectivity index (χ1n) is 2.12. The largest absolute Gasteiger partial charge is 0.206 e. The van der Waals surface area contributed by atoms with Crippen molar-refractivity contribution in [2.45, 2.75) is 0 Å². The van der Waals surface area contributed by atoms with Crippen LogP contribution in [0.4, 0.5) is 4.39 Å². The summed E-state index contributed by atoms with van der Waals surface area (Å²) >= 11 is 2.05. The van der Waals surface area contributed by atoms with Crippen molar-refractivity contribution in [2.24, 2.45) is 0 Å². The van der Waals surface area contributed by atoms with Gasteiger partial charge in [0.25, 0.3) is 0 Å². The fourth-order valence-corrected chi connectivity index (χ4v) is 0.865. The van der Waals surface area contributed by atoms with Gasteiger partial charge >= 0.3 is 0 Å². The quantitative estimate of drug-likeness (QED) is 0.589. The first kappa shape index (κ1) is 6.01. The lowest BCUT2D eigenvalue weighted by Gasteiger charge is -1.85. The average molecular weight is 221 g/mol. The Balaban J connectivity index is 3.08. The van der Waals surface area contributed by atoms with Gasteiger partial charge in [-0.2, -0.15) is 0 Å². The van der Waals surface area contributed by atoms with E-state index in [0.717, 1.165) is 3.57 Å². The third-order valence-electron chi connectivity index (χ3n) is 0.728. The maximum atomic E-state index is 12.1. The molecule has 2 heteroatoms. The molecule has 0 saturated carbocycles. The van der Waals surface area contributed by atoms with Crippen LogP contribution in [0.15, 0.2) is 18.2 Å². The molecule has 0 amide bonds. The van der Waals surface area contributed by atoms with Crippen molar-refractivity contribution in [3.8, 4) is 0 Å². The van der Waals surface area contributed by atoms with Crippen LogP contribution in [0.25, 0.3) is 0 Å². The molecule has 8 heavy (non-hydrogen) atoms.